The number of carboxylic acids is 1. The summed E-state index contributed by atoms with van der Waals surface area (Å²) in [7, 11) is 0. The molecule has 104 valence electrons. The number of anilines is 1. The number of benzene rings is 1. The van der Waals surface area contributed by atoms with Crippen LogP contribution < -0.4 is 5.32 Å². The largest absolute Gasteiger partial charge is 0.481 e. The second-order valence-corrected chi connectivity index (χ2v) is 5.68. The van der Waals surface area contributed by atoms with E-state index in [4.69, 9.17) is 5.11 Å². The van der Waals surface area contributed by atoms with Gasteiger partial charge in [0, 0.05) is 10.9 Å². The highest BCUT2D eigenvalue weighted by Crippen LogP contribution is 2.38. The Hall–Kier alpha value is -2.10. The van der Waals surface area contributed by atoms with Gasteiger partial charge < -0.3 is 10.4 Å². The lowest BCUT2D eigenvalue weighted by Crippen LogP contribution is -2.47. The molecule has 20 heavy (non-hydrogen) atoms. The molecule has 0 saturated heterocycles. The third-order valence-corrected chi connectivity index (χ3v) is 4.10. The fourth-order valence-electron chi connectivity index (χ4n) is 2.84. The molecular formula is C16H18N2O2. The lowest BCUT2D eigenvalue weighted by molar-refractivity contribution is -0.138. The molecule has 0 amide bonds. The zero-order valence-corrected chi connectivity index (χ0v) is 11.5. The zero-order valence-electron chi connectivity index (χ0n) is 11.5. The summed E-state index contributed by atoms with van der Waals surface area (Å²) in [6.07, 6.45) is 3.02. The maximum absolute atomic E-state index is 11.0. The van der Waals surface area contributed by atoms with Crippen molar-refractivity contribution in [2.24, 2.45) is 0 Å². The predicted octanol–water partition coefficient (Wildman–Crippen LogP) is 3.35. The van der Waals surface area contributed by atoms with Crippen LogP contribution in [0.15, 0.2) is 30.3 Å². The van der Waals surface area contributed by atoms with E-state index in [-0.39, 0.29) is 12.0 Å². The quantitative estimate of drug-likeness (QED) is 0.894. The van der Waals surface area contributed by atoms with Gasteiger partial charge in [0.2, 0.25) is 0 Å². The standard InChI is InChI=1S/C16H18N2O2/c1-11-9-12-5-2-3-6-13(12)17-15(11)18-16(7-4-8-16)10-14(19)20/h2-3,5-6,9H,4,7-8,10H2,1H3,(H,17,18)(H,19,20). The van der Waals surface area contributed by atoms with E-state index in [0.717, 1.165) is 41.5 Å². The molecule has 0 atom stereocenters. The van der Waals surface area contributed by atoms with E-state index in [9.17, 15) is 4.79 Å². The lowest BCUT2D eigenvalue weighted by atomic mass is 9.74. The van der Waals surface area contributed by atoms with Gasteiger partial charge in [-0.1, -0.05) is 18.2 Å². The summed E-state index contributed by atoms with van der Waals surface area (Å²) in [5, 5.41) is 13.6. The normalized spacial score (nSPS) is 16.6. The van der Waals surface area contributed by atoms with Gasteiger partial charge in [0.1, 0.15) is 5.82 Å². The first kappa shape index (κ1) is 12.9. The Morgan fingerprint density at radius 2 is 2.15 bits per heavy atom. The Bertz CT molecular complexity index is 663. The number of hydrogen-bond acceptors (Lipinski definition) is 3. The third-order valence-electron chi connectivity index (χ3n) is 4.10. The summed E-state index contributed by atoms with van der Waals surface area (Å²) in [6.45, 7) is 2.01. The maximum atomic E-state index is 11.0. The molecule has 1 aliphatic carbocycles. The summed E-state index contributed by atoms with van der Waals surface area (Å²) < 4.78 is 0. The van der Waals surface area contributed by atoms with Crippen LogP contribution in [0.4, 0.5) is 5.82 Å². The van der Waals surface area contributed by atoms with Gasteiger partial charge in [0.05, 0.1) is 11.9 Å². The number of para-hydroxylation sites is 1. The molecule has 2 aromatic rings. The van der Waals surface area contributed by atoms with Crippen molar-refractivity contribution in [3.8, 4) is 0 Å². The van der Waals surface area contributed by atoms with Crippen LogP contribution in [-0.4, -0.2) is 21.6 Å². The van der Waals surface area contributed by atoms with Crippen molar-refractivity contribution in [2.45, 2.75) is 38.1 Å². The smallest absolute Gasteiger partial charge is 0.305 e. The number of nitrogens with zero attached hydrogens (tertiary/aromatic N) is 1. The van der Waals surface area contributed by atoms with Crippen LogP contribution in [0.25, 0.3) is 10.9 Å². The van der Waals surface area contributed by atoms with E-state index < -0.39 is 5.97 Å². The Kier molecular flexibility index (Phi) is 3.08. The first-order valence-corrected chi connectivity index (χ1v) is 6.94. The first-order valence-electron chi connectivity index (χ1n) is 6.94. The molecule has 0 spiro atoms. The van der Waals surface area contributed by atoms with Gasteiger partial charge in [-0.05, 0) is 43.9 Å². The number of aryl methyl sites for hydroxylation is 1. The average molecular weight is 270 g/mol. The van der Waals surface area contributed by atoms with Gasteiger partial charge in [-0.25, -0.2) is 4.98 Å². The average Bonchev–Trinajstić information content (AvgIpc) is 2.36. The van der Waals surface area contributed by atoms with E-state index in [1.54, 1.807) is 0 Å². The van der Waals surface area contributed by atoms with Gasteiger partial charge in [-0.2, -0.15) is 0 Å². The van der Waals surface area contributed by atoms with Crippen LogP contribution in [0.1, 0.15) is 31.2 Å². The molecule has 1 aliphatic rings. The number of hydrogen-bond donors (Lipinski definition) is 2. The molecule has 2 N–H and O–H groups in total. The van der Waals surface area contributed by atoms with Crippen LogP contribution in [-0.2, 0) is 4.79 Å². The highest BCUT2D eigenvalue weighted by atomic mass is 16.4. The molecule has 4 nitrogen and oxygen atoms in total. The van der Waals surface area contributed by atoms with Gasteiger partial charge >= 0.3 is 5.97 Å². The molecular weight excluding hydrogens is 252 g/mol. The fourth-order valence-corrected chi connectivity index (χ4v) is 2.84. The molecule has 3 rings (SSSR count). The molecule has 0 bridgehead atoms. The Morgan fingerprint density at radius 3 is 2.80 bits per heavy atom. The second-order valence-electron chi connectivity index (χ2n) is 5.68. The summed E-state index contributed by atoms with van der Waals surface area (Å²) in [6, 6.07) is 10.1. The molecule has 0 radical (unpaired) electrons. The number of pyridine rings is 1. The lowest BCUT2D eigenvalue weighted by Gasteiger charge is -2.42. The highest BCUT2D eigenvalue weighted by molar-refractivity contribution is 5.81. The Balaban J connectivity index is 1.93. The SMILES string of the molecule is Cc1cc2ccccc2nc1NC1(CC(=O)O)CCC1. The van der Waals surface area contributed by atoms with Gasteiger partial charge in [0.25, 0.3) is 0 Å². The first-order chi connectivity index (χ1) is 9.58. The van der Waals surface area contributed by atoms with Crippen LogP contribution in [0.5, 0.6) is 0 Å². The van der Waals surface area contributed by atoms with Crippen LogP contribution in [0, 0.1) is 6.92 Å². The van der Waals surface area contributed by atoms with E-state index in [1.165, 1.54) is 0 Å². The topological polar surface area (TPSA) is 62.2 Å². The molecule has 1 saturated carbocycles. The maximum Gasteiger partial charge on any atom is 0.305 e. The minimum absolute atomic E-state index is 0.154. The van der Waals surface area contributed by atoms with Crippen molar-refractivity contribution in [1.82, 2.24) is 4.98 Å². The van der Waals surface area contributed by atoms with Crippen molar-refractivity contribution in [3.63, 3.8) is 0 Å². The number of nitrogens with one attached hydrogen (secondary N) is 1. The minimum Gasteiger partial charge on any atom is -0.481 e. The van der Waals surface area contributed by atoms with Crippen molar-refractivity contribution in [3.05, 3.63) is 35.9 Å². The number of aromatic nitrogens is 1. The number of rotatable bonds is 4. The number of carbonyl (C=O) groups is 1. The molecule has 0 aliphatic heterocycles. The Labute approximate surface area is 117 Å². The van der Waals surface area contributed by atoms with Gasteiger partial charge in [-0.3, -0.25) is 4.79 Å². The number of aliphatic carboxylic acids is 1. The predicted molar refractivity (Wildman–Crippen MR) is 78.9 cm³/mol. The summed E-state index contributed by atoms with van der Waals surface area (Å²) >= 11 is 0. The van der Waals surface area contributed by atoms with E-state index in [2.05, 4.69) is 16.4 Å². The minimum atomic E-state index is -0.754. The molecule has 1 aromatic carbocycles. The van der Waals surface area contributed by atoms with Gasteiger partial charge in [-0.15, -0.1) is 0 Å². The molecule has 1 fully saturated rings. The van der Waals surface area contributed by atoms with E-state index in [1.807, 2.05) is 31.2 Å². The number of fused-ring (bicyclic) bond motifs is 1. The molecule has 1 heterocycles. The van der Waals surface area contributed by atoms with Crippen molar-refractivity contribution < 1.29 is 9.90 Å². The fraction of sp³-hybridized carbons (Fsp3) is 0.375. The summed E-state index contributed by atoms with van der Waals surface area (Å²) in [5.74, 6) is 0.0558. The van der Waals surface area contributed by atoms with E-state index >= 15 is 0 Å². The van der Waals surface area contributed by atoms with Crippen molar-refractivity contribution >= 4 is 22.7 Å². The van der Waals surface area contributed by atoms with Gasteiger partial charge in [0.15, 0.2) is 0 Å². The Morgan fingerprint density at radius 1 is 1.40 bits per heavy atom. The second kappa shape index (κ2) is 4.78. The molecule has 1 aromatic heterocycles. The van der Waals surface area contributed by atoms with Crippen molar-refractivity contribution in [1.29, 1.82) is 0 Å². The monoisotopic (exact) mass is 270 g/mol. The third kappa shape index (κ3) is 2.33. The summed E-state index contributed by atoms with van der Waals surface area (Å²) in [4.78, 5) is 15.7. The van der Waals surface area contributed by atoms with Crippen LogP contribution >= 0.6 is 0 Å². The molecule has 4 heteroatoms. The highest BCUT2D eigenvalue weighted by Gasteiger charge is 2.39. The van der Waals surface area contributed by atoms with E-state index in [0.29, 0.717) is 0 Å². The molecule has 0 unspecified atom stereocenters. The van der Waals surface area contributed by atoms with Crippen molar-refractivity contribution in [2.75, 3.05) is 5.32 Å². The summed E-state index contributed by atoms with van der Waals surface area (Å²) in [5.41, 5.74) is 1.68. The zero-order chi connectivity index (χ0) is 14.2. The number of carboxylic acid groups (broad SMARTS) is 1. The van der Waals surface area contributed by atoms with Crippen LogP contribution in [0.3, 0.4) is 0 Å². The van der Waals surface area contributed by atoms with Crippen LogP contribution in [0.2, 0.25) is 0 Å².